The van der Waals surface area contributed by atoms with Crippen molar-refractivity contribution >= 4 is 23.2 Å². The van der Waals surface area contributed by atoms with Crippen LogP contribution in [0.3, 0.4) is 0 Å². The molecule has 96 valence electrons. The van der Waals surface area contributed by atoms with Gasteiger partial charge in [0.15, 0.2) is 0 Å². The van der Waals surface area contributed by atoms with Gasteiger partial charge < -0.3 is 5.32 Å². The molecule has 1 aromatic rings. The Hall–Kier alpha value is -0.240. The monoisotopic (exact) mass is 273 g/mol. The van der Waals surface area contributed by atoms with Gasteiger partial charge >= 0.3 is 0 Å². The van der Waals surface area contributed by atoms with Gasteiger partial charge in [0.05, 0.1) is 0 Å². The predicted octanol–water partition coefficient (Wildman–Crippen LogP) is 4.56. The molecule has 1 unspecified atom stereocenters. The number of hydrogen-bond acceptors (Lipinski definition) is 1. The van der Waals surface area contributed by atoms with Crippen molar-refractivity contribution < 1.29 is 0 Å². The molecule has 0 amide bonds. The highest BCUT2D eigenvalue weighted by molar-refractivity contribution is 6.33. The molecule has 0 aliphatic heterocycles. The summed E-state index contributed by atoms with van der Waals surface area (Å²) in [5, 5.41) is 4.84. The van der Waals surface area contributed by atoms with Gasteiger partial charge in [-0.3, -0.25) is 0 Å². The summed E-state index contributed by atoms with van der Waals surface area (Å²) in [7, 11) is 1.99. The van der Waals surface area contributed by atoms with Gasteiger partial charge in [-0.25, -0.2) is 0 Å². The van der Waals surface area contributed by atoms with E-state index in [-0.39, 0.29) is 5.41 Å². The van der Waals surface area contributed by atoms with E-state index < -0.39 is 0 Å². The third kappa shape index (κ3) is 4.50. The fourth-order valence-electron chi connectivity index (χ4n) is 2.41. The fraction of sp³-hybridized carbons (Fsp3) is 0.571. The van der Waals surface area contributed by atoms with Crippen molar-refractivity contribution in [2.24, 2.45) is 5.41 Å². The highest BCUT2D eigenvalue weighted by Crippen LogP contribution is 2.31. The van der Waals surface area contributed by atoms with Crippen molar-refractivity contribution in [2.75, 3.05) is 13.6 Å². The summed E-state index contributed by atoms with van der Waals surface area (Å²) in [6, 6.07) is 5.70. The van der Waals surface area contributed by atoms with Crippen molar-refractivity contribution in [1.82, 2.24) is 5.32 Å². The first-order chi connectivity index (χ1) is 8.00. The van der Waals surface area contributed by atoms with E-state index in [1.165, 1.54) is 12.8 Å². The van der Waals surface area contributed by atoms with Gasteiger partial charge in [-0.05, 0) is 49.1 Å². The predicted molar refractivity (Wildman–Crippen MR) is 77.1 cm³/mol. The zero-order valence-electron chi connectivity index (χ0n) is 10.8. The smallest absolute Gasteiger partial charge is 0.0439 e. The lowest BCUT2D eigenvalue weighted by Crippen LogP contribution is -2.31. The Kier molecular flexibility index (Phi) is 5.78. The summed E-state index contributed by atoms with van der Waals surface area (Å²) in [5.41, 5.74) is 1.38. The normalized spacial score (nSPS) is 14.6. The molecule has 0 spiro atoms. The van der Waals surface area contributed by atoms with E-state index in [0.29, 0.717) is 0 Å². The Morgan fingerprint density at radius 3 is 2.59 bits per heavy atom. The molecule has 0 saturated heterocycles. The fourth-order valence-corrected chi connectivity index (χ4v) is 2.79. The third-order valence-electron chi connectivity index (χ3n) is 3.08. The SMILES string of the molecule is CCCC(C)(CNC)Cc1cc(Cl)ccc1Cl. The average Bonchev–Trinajstić information content (AvgIpc) is 2.24. The minimum atomic E-state index is 0.234. The van der Waals surface area contributed by atoms with Crippen molar-refractivity contribution in [3.63, 3.8) is 0 Å². The van der Waals surface area contributed by atoms with Crippen molar-refractivity contribution in [3.8, 4) is 0 Å². The molecular weight excluding hydrogens is 253 g/mol. The van der Waals surface area contributed by atoms with Crippen LogP contribution in [0.2, 0.25) is 10.0 Å². The summed E-state index contributed by atoms with van der Waals surface area (Å²) in [4.78, 5) is 0. The lowest BCUT2D eigenvalue weighted by Gasteiger charge is -2.29. The van der Waals surface area contributed by atoms with Crippen LogP contribution in [0, 0.1) is 5.41 Å². The van der Waals surface area contributed by atoms with Crippen LogP contribution >= 0.6 is 23.2 Å². The zero-order valence-corrected chi connectivity index (χ0v) is 12.3. The molecule has 1 atom stereocenters. The van der Waals surface area contributed by atoms with Crippen molar-refractivity contribution in [1.29, 1.82) is 0 Å². The van der Waals surface area contributed by atoms with Crippen LogP contribution in [-0.2, 0) is 6.42 Å². The van der Waals surface area contributed by atoms with Crippen LogP contribution in [0.15, 0.2) is 18.2 Å². The molecule has 0 aliphatic carbocycles. The van der Waals surface area contributed by atoms with E-state index in [1.807, 2.05) is 25.2 Å². The van der Waals surface area contributed by atoms with Crippen molar-refractivity contribution in [2.45, 2.75) is 33.1 Å². The molecular formula is C14H21Cl2N. The van der Waals surface area contributed by atoms with E-state index in [0.717, 1.165) is 28.6 Å². The first-order valence-electron chi connectivity index (χ1n) is 6.09. The van der Waals surface area contributed by atoms with Crippen LogP contribution in [0.5, 0.6) is 0 Å². The van der Waals surface area contributed by atoms with Crippen molar-refractivity contribution in [3.05, 3.63) is 33.8 Å². The lowest BCUT2D eigenvalue weighted by molar-refractivity contribution is 0.283. The van der Waals surface area contributed by atoms with E-state index in [2.05, 4.69) is 19.2 Å². The summed E-state index contributed by atoms with van der Waals surface area (Å²) < 4.78 is 0. The number of hydrogen-bond donors (Lipinski definition) is 1. The maximum Gasteiger partial charge on any atom is 0.0439 e. The van der Waals surface area contributed by atoms with Crippen LogP contribution in [-0.4, -0.2) is 13.6 Å². The second-order valence-electron chi connectivity index (χ2n) is 5.00. The summed E-state index contributed by atoms with van der Waals surface area (Å²) in [5.74, 6) is 0. The molecule has 1 nitrogen and oxygen atoms in total. The van der Waals surface area contributed by atoms with E-state index >= 15 is 0 Å². The van der Waals surface area contributed by atoms with Gasteiger partial charge in [-0.2, -0.15) is 0 Å². The Morgan fingerprint density at radius 2 is 2.00 bits per heavy atom. The quantitative estimate of drug-likeness (QED) is 0.801. The molecule has 0 fully saturated rings. The summed E-state index contributed by atoms with van der Waals surface area (Å²) >= 11 is 12.2. The lowest BCUT2D eigenvalue weighted by atomic mass is 9.79. The second-order valence-corrected chi connectivity index (χ2v) is 5.85. The Bertz CT molecular complexity index is 357. The zero-order chi connectivity index (χ0) is 12.9. The van der Waals surface area contributed by atoms with Gasteiger partial charge in [0.2, 0.25) is 0 Å². The summed E-state index contributed by atoms with van der Waals surface area (Å²) in [6.45, 7) is 5.50. The minimum absolute atomic E-state index is 0.234. The van der Waals surface area contributed by atoms with E-state index in [9.17, 15) is 0 Å². The van der Waals surface area contributed by atoms with Gasteiger partial charge in [-0.15, -0.1) is 0 Å². The van der Waals surface area contributed by atoms with E-state index in [1.54, 1.807) is 0 Å². The van der Waals surface area contributed by atoms with Gasteiger partial charge in [-0.1, -0.05) is 43.5 Å². The molecule has 0 aliphatic rings. The highest BCUT2D eigenvalue weighted by Gasteiger charge is 2.24. The molecule has 1 N–H and O–H groups in total. The number of halogens is 2. The molecule has 0 radical (unpaired) electrons. The summed E-state index contributed by atoms with van der Waals surface area (Å²) in [6.07, 6.45) is 3.31. The molecule has 17 heavy (non-hydrogen) atoms. The maximum atomic E-state index is 6.22. The standard InChI is InChI=1S/C14H21Cl2N/c1-4-7-14(2,10-17-3)9-11-8-12(15)5-6-13(11)16/h5-6,8,17H,4,7,9-10H2,1-3H3. The maximum absolute atomic E-state index is 6.22. The molecule has 0 aromatic heterocycles. The number of rotatable bonds is 6. The first kappa shape index (κ1) is 14.8. The Balaban J connectivity index is 2.88. The van der Waals surface area contributed by atoms with Gasteiger partial charge in [0, 0.05) is 16.6 Å². The van der Waals surface area contributed by atoms with Crippen LogP contribution in [0.4, 0.5) is 0 Å². The second kappa shape index (κ2) is 6.63. The minimum Gasteiger partial charge on any atom is -0.319 e. The van der Waals surface area contributed by atoms with E-state index in [4.69, 9.17) is 23.2 Å². The molecule has 1 rings (SSSR count). The molecule has 1 aromatic carbocycles. The Labute approximate surface area is 115 Å². The van der Waals surface area contributed by atoms with Crippen LogP contribution in [0.1, 0.15) is 32.3 Å². The number of benzene rings is 1. The van der Waals surface area contributed by atoms with Gasteiger partial charge in [0.25, 0.3) is 0 Å². The topological polar surface area (TPSA) is 12.0 Å². The third-order valence-corrected chi connectivity index (χ3v) is 3.69. The number of nitrogens with one attached hydrogen (secondary N) is 1. The Morgan fingerprint density at radius 1 is 1.29 bits per heavy atom. The molecule has 0 heterocycles. The first-order valence-corrected chi connectivity index (χ1v) is 6.85. The average molecular weight is 274 g/mol. The van der Waals surface area contributed by atoms with Crippen LogP contribution in [0.25, 0.3) is 0 Å². The molecule has 0 bridgehead atoms. The largest absolute Gasteiger partial charge is 0.319 e. The molecule has 3 heteroatoms. The van der Waals surface area contributed by atoms with Crippen LogP contribution < -0.4 is 5.32 Å². The highest BCUT2D eigenvalue weighted by atomic mass is 35.5. The van der Waals surface area contributed by atoms with Gasteiger partial charge in [0.1, 0.15) is 0 Å². The molecule has 0 saturated carbocycles.